The van der Waals surface area contributed by atoms with Crippen molar-refractivity contribution in [3.05, 3.63) is 42.5 Å². The Morgan fingerprint density at radius 3 is 2.48 bits per heavy atom. The fourth-order valence-electron chi connectivity index (χ4n) is 2.00. The minimum atomic E-state index is -0.770. The van der Waals surface area contributed by atoms with E-state index in [1.54, 1.807) is 12.2 Å². The average Bonchev–Trinajstić information content (AvgIpc) is 2.55. The van der Waals surface area contributed by atoms with Gasteiger partial charge in [-0.2, -0.15) is 0 Å². The summed E-state index contributed by atoms with van der Waals surface area (Å²) in [6, 6.07) is 9.41. The first kappa shape index (κ1) is 19.2. The fraction of sp³-hybridized carbons (Fsp3) is 0.389. The van der Waals surface area contributed by atoms with Gasteiger partial charge in [0.05, 0.1) is 7.11 Å². The van der Waals surface area contributed by atoms with Gasteiger partial charge in [0.1, 0.15) is 11.7 Å². The first-order valence-corrected chi connectivity index (χ1v) is 8.41. The molecule has 4 nitrogen and oxygen atoms in total. The van der Waals surface area contributed by atoms with E-state index in [1.807, 2.05) is 37.3 Å². The number of methoxy groups -OCH3 is 1. The summed E-state index contributed by atoms with van der Waals surface area (Å²) in [5.41, 5.74) is 0. The van der Waals surface area contributed by atoms with E-state index in [4.69, 9.17) is 0 Å². The van der Waals surface area contributed by atoms with E-state index < -0.39 is 11.9 Å². The predicted molar refractivity (Wildman–Crippen MR) is 91.1 cm³/mol. The molecule has 0 aliphatic carbocycles. The molecule has 0 saturated carbocycles. The van der Waals surface area contributed by atoms with Crippen LogP contribution in [0.5, 0.6) is 0 Å². The lowest BCUT2D eigenvalue weighted by Gasteiger charge is -2.10. The summed E-state index contributed by atoms with van der Waals surface area (Å²) in [5, 5.41) is 0.0157. The SMILES string of the molecule is CCCC(=O)C(C/C=C/CC(=O)Sc1ccccc1)C(=O)OC. The first-order chi connectivity index (χ1) is 11.1. The Hall–Kier alpha value is -1.88. The molecule has 0 aromatic heterocycles. The second kappa shape index (κ2) is 10.8. The van der Waals surface area contributed by atoms with Crippen LogP contribution >= 0.6 is 11.8 Å². The van der Waals surface area contributed by atoms with Crippen LogP contribution in [0.3, 0.4) is 0 Å². The summed E-state index contributed by atoms with van der Waals surface area (Å²) in [7, 11) is 1.28. The van der Waals surface area contributed by atoms with Gasteiger partial charge in [-0.3, -0.25) is 14.4 Å². The number of hydrogen-bond donors (Lipinski definition) is 0. The molecule has 23 heavy (non-hydrogen) atoms. The van der Waals surface area contributed by atoms with Crippen LogP contribution in [0.1, 0.15) is 32.6 Å². The molecule has 0 heterocycles. The molecule has 0 aliphatic rings. The summed E-state index contributed by atoms with van der Waals surface area (Å²) in [6.07, 6.45) is 4.99. The fourth-order valence-corrected chi connectivity index (χ4v) is 2.73. The van der Waals surface area contributed by atoms with E-state index in [9.17, 15) is 14.4 Å². The standard InChI is InChI=1S/C18H22O4S/c1-3-9-16(19)15(18(21)22-2)12-7-8-13-17(20)23-14-10-5-4-6-11-14/h4-8,10-11,15H,3,9,12-13H2,1-2H3/b8-7+. The van der Waals surface area contributed by atoms with Gasteiger partial charge >= 0.3 is 5.97 Å². The predicted octanol–water partition coefficient (Wildman–Crippen LogP) is 3.80. The van der Waals surface area contributed by atoms with Gasteiger partial charge in [0, 0.05) is 17.7 Å². The van der Waals surface area contributed by atoms with Crippen molar-refractivity contribution >= 4 is 28.6 Å². The summed E-state index contributed by atoms with van der Waals surface area (Å²) < 4.78 is 4.67. The molecule has 1 aromatic carbocycles. The van der Waals surface area contributed by atoms with Gasteiger partial charge in [0.15, 0.2) is 5.12 Å². The van der Waals surface area contributed by atoms with Gasteiger partial charge in [-0.25, -0.2) is 0 Å². The molecule has 1 unspecified atom stereocenters. The van der Waals surface area contributed by atoms with E-state index in [2.05, 4.69) is 4.74 Å². The number of hydrogen-bond acceptors (Lipinski definition) is 5. The van der Waals surface area contributed by atoms with Crippen LogP contribution < -0.4 is 0 Å². The zero-order valence-corrected chi connectivity index (χ0v) is 14.3. The summed E-state index contributed by atoms with van der Waals surface area (Å²) >= 11 is 1.18. The Bertz CT molecular complexity index is 551. The quantitative estimate of drug-likeness (QED) is 0.297. The van der Waals surface area contributed by atoms with Crippen LogP contribution in [0.25, 0.3) is 0 Å². The van der Waals surface area contributed by atoms with Crippen LogP contribution in [0, 0.1) is 5.92 Å². The van der Waals surface area contributed by atoms with Crippen LogP contribution in [0.2, 0.25) is 0 Å². The smallest absolute Gasteiger partial charge is 0.316 e. The number of carbonyl (C=O) groups is 3. The first-order valence-electron chi connectivity index (χ1n) is 7.59. The molecule has 1 rings (SSSR count). The summed E-state index contributed by atoms with van der Waals surface area (Å²) in [6.45, 7) is 1.89. The minimum Gasteiger partial charge on any atom is -0.468 e. The number of rotatable bonds is 9. The van der Waals surface area contributed by atoms with E-state index in [1.165, 1.54) is 18.9 Å². The monoisotopic (exact) mass is 334 g/mol. The Balaban J connectivity index is 2.47. The lowest BCUT2D eigenvalue weighted by atomic mass is 9.97. The summed E-state index contributed by atoms with van der Waals surface area (Å²) in [4.78, 5) is 36.3. The van der Waals surface area contributed by atoms with Gasteiger partial charge < -0.3 is 4.74 Å². The highest BCUT2D eigenvalue weighted by atomic mass is 32.2. The van der Waals surface area contributed by atoms with Crippen molar-refractivity contribution < 1.29 is 19.1 Å². The Morgan fingerprint density at radius 2 is 1.87 bits per heavy atom. The molecule has 1 atom stereocenters. The number of ketones is 1. The van der Waals surface area contributed by atoms with Gasteiger partial charge in [-0.1, -0.05) is 49.0 Å². The second-order valence-corrected chi connectivity index (χ2v) is 6.12. The zero-order chi connectivity index (χ0) is 17.1. The number of benzene rings is 1. The number of thioether (sulfide) groups is 1. The lowest BCUT2D eigenvalue weighted by Crippen LogP contribution is -2.24. The van der Waals surface area contributed by atoms with Gasteiger partial charge in [-0.15, -0.1) is 0 Å². The molecule has 1 aromatic rings. The molecular weight excluding hydrogens is 312 g/mol. The molecule has 0 saturated heterocycles. The number of allylic oxidation sites excluding steroid dienone is 2. The largest absolute Gasteiger partial charge is 0.468 e. The third-order valence-corrected chi connectivity index (χ3v) is 4.07. The van der Waals surface area contributed by atoms with Crippen LogP contribution in [-0.2, 0) is 19.1 Å². The van der Waals surface area contributed by atoms with Crippen molar-refractivity contribution in [1.29, 1.82) is 0 Å². The van der Waals surface area contributed by atoms with Crippen molar-refractivity contribution in [3.63, 3.8) is 0 Å². The molecular formula is C18H22O4S. The van der Waals surface area contributed by atoms with Crippen molar-refractivity contribution in [3.8, 4) is 0 Å². The van der Waals surface area contributed by atoms with Crippen LogP contribution in [-0.4, -0.2) is 24.0 Å². The molecule has 5 heteroatoms. The number of carbonyl (C=O) groups excluding carboxylic acids is 3. The molecule has 124 valence electrons. The molecule has 0 fully saturated rings. The van der Waals surface area contributed by atoms with Crippen molar-refractivity contribution in [1.82, 2.24) is 0 Å². The maximum absolute atomic E-state index is 11.9. The molecule has 0 bridgehead atoms. The lowest BCUT2D eigenvalue weighted by molar-refractivity contribution is -0.149. The Kier molecular flexibility index (Phi) is 8.98. The van der Waals surface area contributed by atoms with E-state index in [0.717, 1.165) is 4.90 Å². The van der Waals surface area contributed by atoms with E-state index in [0.29, 0.717) is 12.8 Å². The number of Topliss-reactive ketones (excluding diaryl/α,β-unsaturated/α-hetero) is 1. The number of esters is 1. The molecule has 0 radical (unpaired) electrons. The van der Waals surface area contributed by atoms with Crippen molar-refractivity contribution in [2.24, 2.45) is 5.92 Å². The molecule has 0 spiro atoms. The molecule has 0 aliphatic heterocycles. The van der Waals surface area contributed by atoms with Gasteiger partial charge in [0.25, 0.3) is 0 Å². The van der Waals surface area contributed by atoms with Crippen LogP contribution in [0.15, 0.2) is 47.4 Å². The third kappa shape index (κ3) is 7.28. The highest BCUT2D eigenvalue weighted by Crippen LogP contribution is 2.20. The number of ether oxygens (including phenoxy) is 1. The van der Waals surface area contributed by atoms with Crippen molar-refractivity contribution in [2.45, 2.75) is 37.5 Å². The highest BCUT2D eigenvalue weighted by Gasteiger charge is 2.25. The normalized spacial score (nSPS) is 12.1. The Labute approximate surface area is 141 Å². The maximum Gasteiger partial charge on any atom is 0.316 e. The van der Waals surface area contributed by atoms with Gasteiger partial charge in [-0.05, 0) is 25.0 Å². The zero-order valence-electron chi connectivity index (χ0n) is 13.5. The second-order valence-electron chi connectivity index (χ2n) is 4.99. The molecule has 0 N–H and O–H groups in total. The van der Waals surface area contributed by atoms with Crippen molar-refractivity contribution in [2.75, 3.05) is 7.11 Å². The maximum atomic E-state index is 11.9. The topological polar surface area (TPSA) is 60.4 Å². The average molecular weight is 334 g/mol. The third-order valence-electron chi connectivity index (χ3n) is 3.17. The van der Waals surface area contributed by atoms with Gasteiger partial charge in [0.2, 0.25) is 0 Å². The van der Waals surface area contributed by atoms with E-state index >= 15 is 0 Å². The highest BCUT2D eigenvalue weighted by molar-refractivity contribution is 8.13. The Morgan fingerprint density at radius 1 is 1.17 bits per heavy atom. The summed E-state index contributed by atoms with van der Waals surface area (Å²) in [5.74, 6) is -1.40. The minimum absolute atomic E-state index is 0.0157. The van der Waals surface area contributed by atoms with E-state index in [-0.39, 0.29) is 23.7 Å². The van der Waals surface area contributed by atoms with Crippen LogP contribution in [0.4, 0.5) is 0 Å². The molecule has 0 amide bonds.